The molecule has 0 atom stereocenters. The summed E-state index contributed by atoms with van der Waals surface area (Å²) in [6.07, 6.45) is 2.11. The molecule has 0 heterocycles. The standard InChI is InChI=1S/C13H13ClS/c1-15(14,12-8-4-2-5-9-12)13-10-6-3-7-11-13/h2-11H,1H3. The van der Waals surface area contributed by atoms with Gasteiger partial charge in [0.2, 0.25) is 0 Å². The first-order chi connectivity index (χ1) is 7.21. The fraction of sp³-hybridized carbons (Fsp3) is 0.0769. The predicted molar refractivity (Wildman–Crippen MR) is 68.8 cm³/mol. The van der Waals surface area contributed by atoms with Gasteiger partial charge in [-0.15, -0.1) is 9.24 Å². The molecule has 0 N–H and O–H groups in total. The molecule has 0 aliphatic carbocycles. The van der Waals surface area contributed by atoms with Gasteiger partial charge in [-0.25, -0.2) is 0 Å². The molecule has 2 rings (SSSR count). The highest BCUT2D eigenvalue weighted by molar-refractivity contribution is 8.50. The Morgan fingerprint density at radius 2 is 1.07 bits per heavy atom. The van der Waals surface area contributed by atoms with E-state index in [0.717, 1.165) is 0 Å². The van der Waals surface area contributed by atoms with Gasteiger partial charge in [0.15, 0.2) is 0 Å². The van der Waals surface area contributed by atoms with Gasteiger partial charge in [0.1, 0.15) is 0 Å². The molecule has 2 aromatic rings. The summed E-state index contributed by atoms with van der Waals surface area (Å²) in [6, 6.07) is 20.5. The molecule has 0 aliphatic heterocycles. The lowest BCUT2D eigenvalue weighted by Gasteiger charge is -2.28. The van der Waals surface area contributed by atoms with Crippen molar-refractivity contribution in [1.29, 1.82) is 0 Å². The van der Waals surface area contributed by atoms with Crippen molar-refractivity contribution < 1.29 is 0 Å². The minimum atomic E-state index is -1.37. The zero-order valence-electron chi connectivity index (χ0n) is 8.56. The van der Waals surface area contributed by atoms with Crippen LogP contribution < -0.4 is 0 Å². The quantitative estimate of drug-likeness (QED) is 0.710. The Balaban J connectivity index is 2.44. The molecular weight excluding hydrogens is 224 g/mol. The van der Waals surface area contributed by atoms with E-state index in [4.69, 9.17) is 10.7 Å². The lowest BCUT2D eigenvalue weighted by molar-refractivity contribution is 1.38. The van der Waals surface area contributed by atoms with Crippen LogP contribution >= 0.6 is 19.9 Å². The van der Waals surface area contributed by atoms with Crippen molar-refractivity contribution >= 4 is 19.9 Å². The molecule has 0 fully saturated rings. The summed E-state index contributed by atoms with van der Waals surface area (Å²) >= 11 is 0. The molecule has 0 spiro atoms. The molecule has 0 bridgehead atoms. The molecule has 0 saturated carbocycles. The van der Waals surface area contributed by atoms with E-state index in [0.29, 0.717) is 0 Å². The lowest BCUT2D eigenvalue weighted by atomic mass is 10.4. The highest BCUT2D eigenvalue weighted by Crippen LogP contribution is 2.63. The SMILES string of the molecule is CS(Cl)(c1ccccc1)c1ccccc1. The minimum absolute atomic E-state index is 1.21. The summed E-state index contributed by atoms with van der Waals surface area (Å²) < 4.78 is 0. The molecule has 78 valence electrons. The molecule has 2 aromatic carbocycles. The largest absolute Gasteiger partial charge is 0.111 e. The van der Waals surface area contributed by atoms with Crippen LogP contribution in [-0.2, 0) is 0 Å². The van der Waals surface area contributed by atoms with Gasteiger partial charge in [0, 0.05) is 9.79 Å². The van der Waals surface area contributed by atoms with Crippen molar-refractivity contribution in [3.8, 4) is 0 Å². The lowest BCUT2D eigenvalue weighted by Crippen LogP contribution is -1.91. The average Bonchev–Trinajstić information content (AvgIpc) is 2.31. The monoisotopic (exact) mass is 236 g/mol. The summed E-state index contributed by atoms with van der Waals surface area (Å²) in [5, 5.41) is 0. The number of hydrogen-bond acceptors (Lipinski definition) is 0. The van der Waals surface area contributed by atoms with Gasteiger partial charge in [0.05, 0.1) is 0 Å². The molecule has 0 aliphatic rings. The van der Waals surface area contributed by atoms with E-state index in [2.05, 4.69) is 30.5 Å². The Morgan fingerprint density at radius 3 is 1.40 bits per heavy atom. The number of hydrogen-bond donors (Lipinski definition) is 0. The normalized spacial score (nSPS) is 12.4. The van der Waals surface area contributed by atoms with E-state index in [-0.39, 0.29) is 0 Å². The molecule has 0 saturated heterocycles. The van der Waals surface area contributed by atoms with Crippen LogP contribution in [0.5, 0.6) is 0 Å². The first kappa shape index (κ1) is 10.6. The van der Waals surface area contributed by atoms with Crippen molar-refractivity contribution in [2.24, 2.45) is 0 Å². The van der Waals surface area contributed by atoms with Gasteiger partial charge in [-0.05, 0) is 30.5 Å². The first-order valence-electron chi connectivity index (χ1n) is 4.79. The molecule has 0 amide bonds. The molecule has 0 radical (unpaired) electrons. The Kier molecular flexibility index (Phi) is 3.03. The van der Waals surface area contributed by atoms with E-state index in [9.17, 15) is 0 Å². The minimum Gasteiger partial charge on any atom is -0.111 e. The predicted octanol–water partition coefficient (Wildman–Crippen LogP) is 4.69. The van der Waals surface area contributed by atoms with Crippen LogP contribution in [0.3, 0.4) is 0 Å². The molecule has 0 unspecified atom stereocenters. The van der Waals surface area contributed by atoms with Crippen molar-refractivity contribution in [3.63, 3.8) is 0 Å². The Hall–Kier alpha value is -0.920. The van der Waals surface area contributed by atoms with Crippen LogP contribution in [0.15, 0.2) is 70.5 Å². The van der Waals surface area contributed by atoms with Crippen LogP contribution in [0, 0.1) is 0 Å². The van der Waals surface area contributed by atoms with Crippen molar-refractivity contribution in [2.45, 2.75) is 9.79 Å². The van der Waals surface area contributed by atoms with Crippen LogP contribution in [0.1, 0.15) is 0 Å². The van der Waals surface area contributed by atoms with Gasteiger partial charge >= 0.3 is 0 Å². The molecule has 0 nitrogen and oxygen atoms in total. The summed E-state index contributed by atoms with van der Waals surface area (Å²) in [5.41, 5.74) is 0. The third-order valence-electron chi connectivity index (χ3n) is 2.37. The molecular formula is C13H13ClS. The first-order valence-corrected chi connectivity index (χ1v) is 7.66. The van der Waals surface area contributed by atoms with Crippen molar-refractivity contribution in [3.05, 3.63) is 60.7 Å². The van der Waals surface area contributed by atoms with Crippen molar-refractivity contribution in [2.75, 3.05) is 6.26 Å². The van der Waals surface area contributed by atoms with Crippen LogP contribution in [0.4, 0.5) is 0 Å². The maximum Gasteiger partial charge on any atom is 0.00702 e. The topological polar surface area (TPSA) is 0 Å². The fourth-order valence-corrected chi connectivity index (χ4v) is 3.71. The summed E-state index contributed by atoms with van der Waals surface area (Å²) in [6.45, 7) is 0. The number of benzene rings is 2. The van der Waals surface area contributed by atoms with Crippen LogP contribution in [0.2, 0.25) is 0 Å². The third-order valence-corrected chi connectivity index (χ3v) is 5.76. The Morgan fingerprint density at radius 1 is 0.733 bits per heavy atom. The highest BCUT2D eigenvalue weighted by atomic mass is 35.7. The summed E-state index contributed by atoms with van der Waals surface area (Å²) in [5.74, 6) is 0. The van der Waals surface area contributed by atoms with Crippen LogP contribution in [-0.4, -0.2) is 6.26 Å². The third kappa shape index (κ3) is 2.19. The van der Waals surface area contributed by atoms with Gasteiger partial charge in [-0.1, -0.05) is 47.1 Å². The van der Waals surface area contributed by atoms with Gasteiger partial charge < -0.3 is 0 Å². The van der Waals surface area contributed by atoms with Crippen molar-refractivity contribution in [1.82, 2.24) is 0 Å². The Labute approximate surface area is 96.7 Å². The number of halogens is 1. The summed E-state index contributed by atoms with van der Waals surface area (Å²) in [4.78, 5) is 2.41. The second-order valence-corrected chi connectivity index (χ2v) is 7.88. The van der Waals surface area contributed by atoms with Gasteiger partial charge in [-0.2, -0.15) is 0 Å². The second-order valence-electron chi connectivity index (χ2n) is 3.45. The maximum atomic E-state index is 6.67. The van der Waals surface area contributed by atoms with Crippen LogP contribution in [0.25, 0.3) is 0 Å². The van der Waals surface area contributed by atoms with E-state index in [1.54, 1.807) is 0 Å². The summed E-state index contributed by atoms with van der Waals surface area (Å²) in [7, 11) is 5.30. The van der Waals surface area contributed by atoms with E-state index < -0.39 is 9.24 Å². The maximum absolute atomic E-state index is 6.67. The van der Waals surface area contributed by atoms with Gasteiger partial charge in [0.25, 0.3) is 0 Å². The number of rotatable bonds is 2. The molecule has 15 heavy (non-hydrogen) atoms. The Bertz CT molecular complexity index is 381. The second kappa shape index (κ2) is 4.30. The smallest absolute Gasteiger partial charge is 0.00702 e. The van der Waals surface area contributed by atoms with E-state index >= 15 is 0 Å². The zero-order valence-corrected chi connectivity index (χ0v) is 10.1. The van der Waals surface area contributed by atoms with E-state index in [1.807, 2.05) is 36.4 Å². The average molecular weight is 237 g/mol. The molecule has 2 heteroatoms. The molecule has 0 aromatic heterocycles. The fourth-order valence-electron chi connectivity index (χ4n) is 1.49. The highest BCUT2D eigenvalue weighted by Gasteiger charge is 2.19. The van der Waals surface area contributed by atoms with E-state index in [1.165, 1.54) is 9.79 Å². The zero-order chi connectivity index (χ0) is 10.7. The van der Waals surface area contributed by atoms with Gasteiger partial charge in [-0.3, -0.25) is 0 Å².